The smallest absolute Gasteiger partial charge is 0.693 e. The maximum absolute atomic E-state index is 13.4. The maximum Gasteiger partial charge on any atom is 3.00 e. The molecule has 0 aliphatic carbocycles. The third kappa shape index (κ3) is 20.1. The normalized spacial score (nSPS) is 9.62. The fourth-order valence-corrected chi connectivity index (χ4v) is 6.47. The second kappa shape index (κ2) is 35.2. The number of pyridine rings is 4. The van der Waals surface area contributed by atoms with E-state index in [9.17, 15) is 39.3 Å². The minimum Gasteiger partial charge on any atom is -0.693 e. The van der Waals surface area contributed by atoms with E-state index >= 15 is 0 Å². The molecular weight excluding hydrogens is 1350 g/mol. The summed E-state index contributed by atoms with van der Waals surface area (Å²) in [5, 5.41) is 34.6. The Balaban J connectivity index is -0.000000818. The fourth-order valence-electron chi connectivity index (χ4n) is 6.47. The van der Waals surface area contributed by atoms with Gasteiger partial charge in [-0.05, 0) is 41.8 Å². The Hall–Kier alpha value is -3.96. The molecule has 4 aromatic heterocycles. The van der Waals surface area contributed by atoms with Gasteiger partial charge >= 0.3 is 57.8 Å². The average Bonchev–Trinajstić information content (AvgIpc) is 3.15. The molecule has 20 nitrogen and oxygen atoms in total. The largest absolute Gasteiger partial charge is 3.00 e. The maximum atomic E-state index is 13.4. The van der Waals surface area contributed by atoms with Crippen molar-refractivity contribution < 1.29 is 119 Å². The molecule has 0 aliphatic rings. The van der Waals surface area contributed by atoms with Gasteiger partial charge in [-0.2, -0.15) is 0 Å². The molecule has 0 saturated heterocycles. The second-order valence-electron chi connectivity index (χ2n) is 12.9. The Morgan fingerprint density at radius 1 is 0.515 bits per heavy atom. The van der Waals surface area contributed by atoms with Crippen molar-refractivity contribution in [2.45, 2.75) is 0 Å². The zero-order valence-electron chi connectivity index (χ0n) is 36.9. The number of carbonyl (C=O) groups is 5. The van der Waals surface area contributed by atoms with E-state index in [1.807, 2.05) is 24.3 Å². The first-order valence-corrected chi connectivity index (χ1v) is 17.3. The summed E-state index contributed by atoms with van der Waals surface area (Å²) in [6.45, 7) is -1.91. The number of aromatic nitrogens is 4. The summed E-state index contributed by atoms with van der Waals surface area (Å²) in [6.07, 6.45) is 6.58. The van der Waals surface area contributed by atoms with Crippen molar-refractivity contribution in [1.82, 2.24) is 34.6 Å². The number of hydrogen-bond acceptors (Lipinski definition) is 12. The number of benzene rings is 2. The molecule has 0 bridgehead atoms. The van der Waals surface area contributed by atoms with Crippen molar-refractivity contribution >= 4 is 91.5 Å². The molecule has 4 radical (unpaired) electrons. The molecule has 0 aliphatic heterocycles. The van der Waals surface area contributed by atoms with E-state index in [0.717, 1.165) is 10.8 Å². The van der Waals surface area contributed by atoms with E-state index < -0.39 is 43.4 Å². The molecule has 12 N–H and O–H groups in total. The Labute approximate surface area is 445 Å². The molecule has 0 atom stereocenters. The van der Waals surface area contributed by atoms with Crippen molar-refractivity contribution in [3.05, 3.63) is 140 Å². The molecule has 6 aromatic rings. The van der Waals surface area contributed by atoms with Crippen LogP contribution in [0.1, 0.15) is 0 Å². The van der Waals surface area contributed by atoms with Crippen molar-refractivity contribution in [3.8, 4) is 0 Å². The van der Waals surface area contributed by atoms with Crippen molar-refractivity contribution in [3.63, 3.8) is 0 Å². The number of anilines is 1. The number of carboxylic acids is 3. The predicted octanol–water partition coefficient (Wildman–Crippen LogP) is 6.20. The monoisotopic (exact) mass is 1410 g/mol. The van der Waals surface area contributed by atoms with Crippen molar-refractivity contribution in [2.24, 2.45) is 0 Å². The van der Waals surface area contributed by atoms with Gasteiger partial charge in [-0.1, -0.05) is 29.7 Å². The standard InChI is InChI=1S/C38H36BN8O8.4CH3.Gd.2Ir.4H2N/c48-30(39-28-17-24-5-1-9-40-35(24)37-26(28)7-3-11-42-37)19-46(22-33(52)53)15-13-45(21-32(50)51)14-16-47(23-34(54)55)20-31(49)44-29-18-25-6-2-10-41-36(25)38-27(29)8-4-12-43-38;;;;;;;;;;;/h1-12,17-18H,13-16,19-23H2,(H,44,49)(H,50,51)(H,52,53)(H,54,55);4*1H3;;;;4*1H2/q;4*-1;+3;;;4*-1. The first-order chi connectivity index (χ1) is 26.5. The Morgan fingerprint density at radius 3 is 1.38 bits per heavy atom. The number of carboxylic acid groups (broad SMARTS) is 3. The summed E-state index contributed by atoms with van der Waals surface area (Å²) in [4.78, 5) is 84.0. The van der Waals surface area contributed by atoms with E-state index in [-0.39, 0.29) is 179 Å². The number of amides is 1. The Kier molecular flexibility index (Phi) is 39.3. The van der Waals surface area contributed by atoms with Crippen LogP contribution in [0.15, 0.2) is 85.5 Å². The van der Waals surface area contributed by atoms with Gasteiger partial charge in [0, 0.05) is 114 Å². The van der Waals surface area contributed by atoms with Gasteiger partial charge in [0.05, 0.1) is 53.9 Å². The number of nitrogens with two attached hydrogens (primary N) is 4. The van der Waals surface area contributed by atoms with Crippen molar-refractivity contribution in [2.75, 3.05) is 64.2 Å². The Morgan fingerprint density at radius 2 is 0.894 bits per heavy atom. The van der Waals surface area contributed by atoms with Crippen LogP contribution in [0.4, 0.5) is 5.69 Å². The first-order valence-electron chi connectivity index (χ1n) is 17.3. The summed E-state index contributed by atoms with van der Waals surface area (Å²) in [5.41, 5.74) is 3.27. The molecule has 1 amide bonds. The van der Waals surface area contributed by atoms with Crippen LogP contribution in [0.2, 0.25) is 0 Å². The fraction of sp³-hybridized carbons (Fsp3) is 0.214. The van der Waals surface area contributed by atoms with E-state index in [1.165, 1.54) is 22.0 Å². The number of carbonyl (C=O) groups excluding carboxylic acids is 2. The van der Waals surface area contributed by atoms with E-state index in [2.05, 4.69) is 25.3 Å². The van der Waals surface area contributed by atoms with Crippen molar-refractivity contribution in [1.29, 1.82) is 0 Å². The molecule has 0 fully saturated rings. The number of rotatable bonds is 19. The van der Waals surface area contributed by atoms with Gasteiger partial charge in [0.25, 0.3) is 0 Å². The topological polar surface area (TPSA) is 353 Å². The van der Waals surface area contributed by atoms with E-state index in [4.69, 9.17) is 0 Å². The van der Waals surface area contributed by atoms with Crippen LogP contribution < -0.4 is 10.8 Å². The van der Waals surface area contributed by atoms with Crippen LogP contribution in [0, 0.1) is 69.6 Å². The predicted molar refractivity (Wildman–Crippen MR) is 252 cm³/mol. The van der Waals surface area contributed by atoms with Gasteiger partial charge in [-0.3, -0.25) is 53.8 Å². The van der Waals surface area contributed by atoms with Gasteiger partial charge in [-0.15, -0.1) is 0 Å². The van der Waals surface area contributed by atoms with Gasteiger partial charge < -0.3 is 79.7 Å². The molecule has 24 heteroatoms. The van der Waals surface area contributed by atoms with Gasteiger partial charge in [-0.25, -0.2) is 0 Å². The minimum atomic E-state index is -1.18. The third-order valence-electron chi connectivity index (χ3n) is 8.83. The zero-order valence-corrected chi connectivity index (χ0v) is 43.9. The number of hydrogen-bond donors (Lipinski definition) is 4. The van der Waals surface area contributed by atoms with Crippen LogP contribution >= 0.6 is 0 Å². The number of fused-ring (bicyclic) bond motifs is 6. The molecule has 0 unspecified atom stereocenters. The van der Waals surface area contributed by atoms with Crippen LogP contribution in [-0.2, 0) is 64.2 Å². The molecular formula is C42H56BGdIr2N12O8-5. The molecule has 0 saturated carbocycles. The summed E-state index contributed by atoms with van der Waals surface area (Å²) >= 11 is 0. The molecule has 366 valence electrons. The second-order valence-corrected chi connectivity index (χ2v) is 12.9. The van der Waals surface area contributed by atoms with Gasteiger partial charge in [0.2, 0.25) is 13.2 Å². The SMILES string of the molecule is O=C(O)CN(CCN(CC(=O)O)CC(=O)[B]c1cc2cccnc2c2ncccc12)CCN(CC(=O)O)CC(=O)Nc1cc2cccnc2c2ncccc12.[CH3-].[CH3-].[CH3-].[CH3-].[Gd+3].[Ir].[Ir].[NH2-].[NH2-].[NH2-].[NH2-]. The number of nitrogens with zero attached hydrogens (tertiary/aromatic N) is 7. The quantitative estimate of drug-likeness (QED) is 0.0398. The summed E-state index contributed by atoms with van der Waals surface area (Å²) in [5.74, 6) is -4.01. The molecule has 2 aromatic carbocycles. The van der Waals surface area contributed by atoms with E-state index in [0.29, 0.717) is 44.0 Å². The summed E-state index contributed by atoms with van der Waals surface area (Å²) in [6, 6.07) is 17.9. The van der Waals surface area contributed by atoms with Crippen LogP contribution in [0.5, 0.6) is 0 Å². The first kappa shape index (κ1) is 73.6. The summed E-state index contributed by atoms with van der Waals surface area (Å²) in [7, 11) is 1.43. The molecule has 0 spiro atoms. The zero-order chi connectivity index (χ0) is 38.9. The third-order valence-corrected chi connectivity index (χ3v) is 8.83. The van der Waals surface area contributed by atoms with Gasteiger partial charge in [0.15, 0.2) is 0 Å². The molecule has 66 heavy (non-hydrogen) atoms. The van der Waals surface area contributed by atoms with Crippen LogP contribution in [0.25, 0.3) is 68.2 Å². The molecule has 6 rings (SSSR count). The van der Waals surface area contributed by atoms with E-state index in [1.54, 1.807) is 61.2 Å². The van der Waals surface area contributed by atoms with Crippen LogP contribution in [0.3, 0.4) is 0 Å². The van der Waals surface area contributed by atoms with Crippen LogP contribution in [-0.4, -0.2) is 146 Å². The number of aliphatic carboxylic acids is 3. The number of nitrogens with one attached hydrogen (secondary N) is 1. The average molecular weight is 1410 g/mol. The van der Waals surface area contributed by atoms with Gasteiger partial charge in [0.1, 0.15) is 5.68 Å². The Bertz CT molecular complexity index is 2290. The summed E-state index contributed by atoms with van der Waals surface area (Å²) < 4.78 is 0. The molecule has 4 heterocycles. The minimum absolute atomic E-state index is 0.